The third-order valence-corrected chi connectivity index (χ3v) is 2.32. The summed E-state index contributed by atoms with van der Waals surface area (Å²) < 4.78 is 5.13. The predicted octanol–water partition coefficient (Wildman–Crippen LogP) is -0.110. The van der Waals surface area contributed by atoms with Gasteiger partial charge in [-0.25, -0.2) is 0 Å². The van der Waals surface area contributed by atoms with E-state index in [4.69, 9.17) is 4.74 Å². The molecule has 0 amide bonds. The van der Waals surface area contributed by atoms with E-state index in [2.05, 4.69) is 20.4 Å². The Morgan fingerprint density at radius 2 is 2.35 bits per heavy atom. The van der Waals surface area contributed by atoms with Crippen molar-refractivity contribution >= 4 is 0 Å². The molecule has 17 heavy (non-hydrogen) atoms. The number of tetrazole rings is 1. The van der Waals surface area contributed by atoms with Crippen LogP contribution < -0.4 is 4.74 Å². The van der Waals surface area contributed by atoms with Gasteiger partial charge in [0.2, 0.25) is 0 Å². The van der Waals surface area contributed by atoms with Gasteiger partial charge < -0.3 is 9.84 Å². The molecule has 1 atom stereocenters. The molecule has 0 saturated heterocycles. The number of aliphatic hydroxyl groups excluding tert-OH is 1. The molecule has 7 nitrogen and oxygen atoms in total. The van der Waals surface area contributed by atoms with Crippen LogP contribution in [0.1, 0.15) is 17.5 Å². The molecule has 0 radical (unpaired) electrons. The Kier molecular flexibility index (Phi) is 3.29. The molecule has 0 aliphatic heterocycles. The number of hydrogen-bond donors (Lipinski definition) is 1. The summed E-state index contributed by atoms with van der Waals surface area (Å²) in [5, 5.41) is 21.6. The van der Waals surface area contributed by atoms with E-state index in [1.807, 2.05) is 0 Å². The first-order valence-corrected chi connectivity index (χ1v) is 5.09. The van der Waals surface area contributed by atoms with Crippen molar-refractivity contribution < 1.29 is 9.84 Å². The van der Waals surface area contributed by atoms with E-state index in [0.29, 0.717) is 17.1 Å². The highest BCUT2D eigenvalue weighted by molar-refractivity contribution is 5.32. The molecule has 2 rings (SSSR count). The van der Waals surface area contributed by atoms with Crippen molar-refractivity contribution in [1.82, 2.24) is 25.2 Å². The number of methoxy groups -OCH3 is 1. The Balaban J connectivity index is 2.16. The lowest BCUT2D eigenvalue weighted by Gasteiger charge is -2.12. The molecule has 7 heteroatoms. The molecule has 2 aromatic rings. The summed E-state index contributed by atoms with van der Waals surface area (Å²) in [6.45, 7) is 0. The van der Waals surface area contributed by atoms with Gasteiger partial charge in [0.25, 0.3) is 0 Å². The maximum Gasteiger partial charge on any atom is 0.177 e. The SMILES string of the molecule is COc1cnccc1C(O)Cc1nnn(C)n1. The second kappa shape index (κ2) is 4.88. The summed E-state index contributed by atoms with van der Waals surface area (Å²) in [5.41, 5.74) is 0.662. The van der Waals surface area contributed by atoms with Gasteiger partial charge in [-0.2, -0.15) is 4.80 Å². The van der Waals surface area contributed by atoms with Crippen molar-refractivity contribution in [3.8, 4) is 5.75 Å². The Bertz CT molecular complexity index is 499. The number of aliphatic hydroxyl groups is 1. The smallest absolute Gasteiger partial charge is 0.177 e. The average molecular weight is 235 g/mol. The Morgan fingerprint density at radius 1 is 1.53 bits per heavy atom. The summed E-state index contributed by atoms with van der Waals surface area (Å²) in [5.74, 6) is 1.03. The van der Waals surface area contributed by atoms with Crippen LogP contribution in [0.2, 0.25) is 0 Å². The fourth-order valence-electron chi connectivity index (χ4n) is 1.52. The van der Waals surface area contributed by atoms with E-state index in [-0.39, 0.29) is 6.42 Å². The van der Waals surface area contributed by atoms with Crippen molar-refractivity contribution in [2.45, 2.75) is 12.5 Å². The number of rotatable bonds is 4. The Hall–Kier alpha value is -2.02. The summed E-state index contributed by atoms with van der Waals surface area (Å²) in [6, 6.07) is 1.71. The van der Waals surface area contributed by atoms with Crippen LogP contribution in [0.3, 0.4) is 0 Å². The zero-order valence-electron chi connectivity index (χ0n) is 9.61. The number of pyridine rings is 1. The van der Waals surface area contributed by atoms with Crippen LogP contribution in [0.15, 0.2) is 18.5 Å². The average Bonchev–Trinajstić information content (AvgIpc) is 2.74. The number of nitrogens with zero attached hydrogens (tertiary/aromatic N) is 5. The first-order chi connectivity index (χ1) is 8.20. The fraction of sp³-hybridized carbons (Fsp3) is 0.400. The predicted molar refractivity (Wildman–Crippen MR) is 58.3 cm³/mol. The largest absolute Gasteiger partial charge is 0.495 e. The van der Waals surface area contributed by atoms with Gasteiger partial charge in [-0.1, -0.05) is 0 Å². The van der Waals surface area contributed by atoms with Crippen molar-refractivity contribution in [3.05, 3.63) is 29.8 Å². The molecular weight excluding hydrogens is 222 g/mol. The van der Waals surface area contributed by atoms with Crippen LogP contribution in [0.4, 0.5) is 0 Å². The molecule has 0 aromatic carbocycles. The molecule has 1 N–H and O–H groups in total. The van der Waals surface area contributed by atoms with Crippen molar-refractivity contribution in [3.63, 3.8) is 0 Å². The zero-order valence-corrected chi connectivity index (χ0v) is 9.61. The molecule has 90 valence electrons. The minimum atomic E-state index is -0.739. The lowest BCUT2D eigenvalue weighted by Crippen LogP contribution is -2.06. The normalized spacial score (nSPS) is 12.4. The highest BCUT2D eigenvalue weighted by Gasteiger charge is 2.16. The highest BCUT2D eigenvalue weighted by atomic mass is 16.5. The van der Waals surface area contributed by atoms with Gasteiger partial charge in [0.05, 0.1) is 26.5 Å². The maximum atomic E-state index is 10.1. The monoisotopic (exact) mass is 235 g/mol. The molecule has 0 aliphatic rings. The molecule has 0 spiro atoms. The lowest BCUT2D eigenvalue weighted by molar-refractivity contribution is 0.171. The number of ether oxygens (including phenoxy) is 1. The molecule has 2 aromatic heterocycles. The van der Waals surface area contributed by atoms with E-state index in [1.54, 1.807) is 25.5 Å². The van der Waals surface area contributed by atoms with E-state index < -0.39 is 6.10 Å². The summed E-state index contributed by atoms with van der Waals surface area (Å²) in [6.07, 6.45) is 2.71. The van der Waals surface area contributed by atoms with Crippen LogP contribution in [0.5, 0.6) is 5.75 Å². The van der Waals surface area contributed by atoms with Gasteiger partial charge in [-0.05, 0) is 11.3 Å². The standard InChI is InChI=1S/C10H13N5O2/c1-15-13-10(12-14-15)5-8(16)7-3-4-11-6-9(7)17-2/h3-4,6,8,16H,5H2,1-2H3. The van der Waals surface area contributed by atoms with Crippen molar-refractivity contribution in [2.75, 3.05) is 7.11 Å². The van der Waals surface area contributed by atoms with Crippen LogP contribution in [0, 0.1) is 0 Å². The lowest BCUT2D eigenvalue weighted by atomic mass is 10.1. The summed E-state index contributed by atoms with van der Waals surface area (Å²) >= 11 is 0. The first kappa shape index (κ1) is 11.5. The van der Waals surface area contributed by atoms with E-state index in [1.165, 1.54) is 11.9 Å². The van der Waals surface area contributed by atoms with Gasteiger partial charge in [-0.3, -0.25) is 4.98 Å². The Morgan fingerprint density at radius 3 is 3.00 bits per heavy atom. The molecular formula is C10H13N5O2. The molecule has 1 unspecified atom stereocenters. The second-order valence-corrected chi connectivity index (χ2v) is 3.53. The molecule has 0 saturated carbocycles. The van der Waals surface area contributed by atoms with Gasteiger partial charge in [0.15, 0.2) is 5.82 Å². The van der Waals surface area contributed by atoms with Gasteiger partial charge in [-0.15, -0.1) is 10.2 Å². The van der Waals surface area contributed by atoms with Gasteiger partial charge in [0.1, 0.15) is 5.75 Å². The van der Waals surface area contributed by atoms with Crippen LogP contribution in [-0.4, -0.2) is 37.4 Å². The number of hydrogen-bond acceptors (Lipinski definition) is 6. The number of aryl methyl sites for hydroxylation is 1. The Labute approximate surface area is 98.1 Å². The summed E-state index contributed by atoms with van der Waals surface area (Å²) in [7, 11) is 3.21. The topological polar surface area (TPSA) is 86.0 Å². The van der Waals surface area contributed by atoms with E-state index >= 15 is 0 Å². The molecule has 0 bridgehead atoms. The van der Waals surface area contributed by atoms with Gasteiger partial charge >= 0.3 is 0 Å². The maximum absolute atomic E-state index is 10.1. The van der Waals surface area contributed by atoms with Crippen molar-refractivity contribution in [1.29, 1.82) is 0 Å². The zero-order chi connectivity index (χ0) is 12.3. The quantitative estimate of drug-likeness (QED) is 0.795. The van der Waals surface area contributed by atoms with Crippen LogP contribution >= 0.6 is 0 Å². The van der Waals surface area contributed by atoms with Gasteiger partial charge in [0, 0.05) is 18.2 Å². The fourth-order valence-corrected chi connectivity index (χ4v) is 1.52. The highest BCUT2D eigenvalue weighted by Crippen LogP contribution is 2.25. The number of aromatic nitrogens is 5. The van der Waals surface area contributed by atoms with Crippen molar-refractivity contribution in [2.24, 2.45) is 7.05 Å². The van der Waals surface area contributed by atoms with E-state index in [9.17, 15) is 5.11 Å². The third kappa shape index (κ3) is 2.56. The summed E-state index contributed by atoms with van der Waals surface area (Å²) in [4.78, 5) is 5.28. The van der Waals surface area contributed by atoms with E-state index in [0.717, 1.165) is 0 Å². The minimum absolute atomic E-state index is 0.286. The first-order valence-electron chi connectivity index (χ1n) is 5.09. The second-order valence-electron chi connectivity index (χ2n) is 3.53. The molecule has 0 aliphatic carbocycles. The third-order valence-electron chi connectivity index (χ3n) is 2.32. The van der Waals surface area contributed by atoms with Crippen LogP contribution in [-0.2, 0) is 13.5 Å². The van der Waals surface area contributed by atoms with Crippen LogP contribution in [0.25, 0.3) is 0 Å². The molecule has 2 heterocycles. The molecule has 0 fully saturated rings. The minimum Gasteiger partial charge on any atom is -0.495 e.